The summed E-state index contributed by atoms with van der Waals surface area (Å²) < 4.78 is -0.376. The molecule has 0 aliphatic rings. The largest absolute Gasteiger partial charge is 0.302 e. The topological polar surface area (TPSA) is 17.1 Å². The summed E-state index contributed by atoms with van der Waals surface area (Å²) in [4.78, 5) is 10.6. The Hall–Kier alpha value is -0.380. The van der Waals surface area contributed by atoms with Crippen LogP contribution in [-0.2, 0) is 8.22 Å². The van der Waals surface area contributed by atoms with Crippen molar-refractivity contribution < 1.29 is 4.79 Å². The van der Waals surface area contributed by atoms with Crippen LogP contribution in [-0.4, -0.2) is 6.29 Å². The van der Waals surface area contributed by atoms with E-state index in [0.29, 0.717) is 0 Å². The van der Waals surface area contributed by atoms with Gasteiger partial charge in [-0.15, -0.1) is 0 Å². The molecule has 0 radical (unpaired) electrons. The monoisotopic (exact) mass is 260 g/mol. The normalized spacial score (nSPS) is 15.5. The number of alkyl halides is 1. The molecule has 0 aromatic heterocycles. The number of halogens is 1. The lowest BCUT2D eigenvalue weighted by Gasteiger charge is -2.14. The number of carbonyl (C=O) groups excluding carboxylic acids is 1. The second kappa shape index (κ2) is 3.34. The Morgan fingerprint density at radius 2 is 1.91 bits per heavy atom. The maximum absolute atomic E-state index is 10.6. The van der Waals surface area contributed by atoms with Crippen molar-refractivity contribution in [2.75, 3.05) is 0 Å². The average Bonchev–Trinajstić information content (AvgIpc) is 2.06. The van der Waals surface area contributed by atoms with E-state index >= 15 is 0 Å². The maximum atomic E-state index is 10.6. The standard InChI is InChI=1S/C9H9IO/c1-9(10,7-11)8-5-3-2-4-6-8/h2-7H,1H3/t9-/m1/s1. The van der Waals surface area contributed by atoms with E-state index in [1.807, 2.05) is 37.3 Å². The van der Waals surface area contributed by atoms with Crippen molar-refractivity contribution in [1.82, 2.24) is 0 Å². The highest BCUT2D eigenvalue weighted by Gasteiger charge is 2.20. The lowest BCUT2D eigenvalue weighted by atomic mass is 10.0. The first-order chi connectivity index (χ1) is 5.17. The van der Waals surface area contributed by atoms with Gasteiger partial charge in [-0.25, -0.2) is 0 Å². The second-order valence-corrected chi connectivity index (χ2v) is 4.80. The maximum Gasteiger partial charge on any atom is 0.140 e. The summed E-state index contributed by atoms with van der Waals surface area (Å²) >= 11 is 2.14. The van der Waals surface area contributed by atoms with E-state index in [1.165, 1.54) is 0 Å². The molecule has 0 bridgehead atoms. The van der Waals surface area contributed by atoms with E-state index in [4.69, 9.17) is 0 Å². The molecular formula is C9H9IO. The predicted molar refractivity (Wildman–Crippen MR) is 53.9 cm³/mol. The van der Waals surface area contributed by atoms with Gasteiger partial charge >= 0.3 is 0 Å². The van der Waals surface area contributed by atoms with Crippen molar-refractivity contribution in [3.63, 3.8) is 0 Å². The Labute approximate surface area is 79.9 Å². The molecule has 0 N–H and O–H groups in total. The van der Waals surface area contributed by atoms with Gasteiger partial charge in [0.2, 0.25) is 0 Å². The summed E-state index contributed by atoms with van der Waals surface area (Å²) in [7, 11) is 0. The molecule has 0 unspecified atom stereocenters. The van der Waals surface area contributed by atoms with Gasteiger partial charge in [0.1, 0.15) is 6.29 Å². The first kappa shape index (κ1) is 8.71. The van der Waals surface area contributed by atoms with Crippen LogP contribution in [0.2, 0.25) is 0 Å². The third kappa shape index (κ3) is 2.02. The van der Waals surface area contributed by atoms with E-state index in [1.54, 1.807) is 0 Å². The Morgan fingerprint density at radius 3 is 2.36 bits per heavy atom. The lowest BCUT2D eigenvalue weighted by Crippen LogP contribution is -2.13. The molecule has 0 heterocycles. The van der Waals surface area contributed by atoms with Crippen LogP contribution in [0, 0.1) is 0 Å². The molecule has 0 aliphatic carbocycles. The molecule has 0 saturated heterocycles. The molecule has 58 valence electrons. The van der Waals surface area contributed by atoms with Crippen molar-refractivity contribution in [3.8, 4) is 0 Å². The number of hydrogen-bond donors (Lipinski definition) is 0. The van der Waals surface area contributed by atoms with E-state index in [9.17, 15) is 4.79 Å². The first-order valence-electron chi connectivity index (χ1n) is 3.37. The molecule has 1 aromatic rings. The van der Waals surface area contributed by atoms with Crippen LogP contribution >= 0.6 is 22.6 Å². The molecule has 1 atom stereocenters. The Morgan fingerprint density at radius 1 is 1.36 bits per heavy atom. The molecule has 2 heteroatoms. The molecule has 0 spiro atoms. The van der Waals surface area contributed by atoms with Crippen molar-refractivity contribution in [2.45, 2.75) is 10.3 Å². The summed E-state index contributed by atoms with van der Waals surface area (Å²) in [6.45, 7) is 1.90. The highest BCUT2D eigenvalue weighted by atomic mass is 127. The van der Waals surface area contributed by atoms with Crippen molar-refractivity contribution >= 4 is 28.9 Å². The van der Waals surface area contributed by atoms with Crippen LogP contribution in [0.1, 0.15) is 12.5 Å². The minimum Gasteiger partial charge on any atom is -0.302 e. The molecule has 1 aromatic carbocycles. The number of rotatable bonds is 2. The van der Waals surface area contributed by atoms with Crippen LogP contribution in [0.5, 0.6) is 0 Å². The number of benzene rings is 1. The van der Waals surface area contributed by atoms with Gasteiger partial charge in [-0.05, 0) is 12.5 Å². The van der Waals surface area contributed by atoms with Gasteiger partial charge in [-0.2, -0.15) is 0 Å². The fourth-order valence-electron chi connectivity index (χ4n) is 0.832. The second-order valence-electron chi connectivity index (χ2n) is 2.56. The van der Waals surface area contributed by atoms with Crippen LogP contribution in [0.15, 0.2) is 30.3 Å². The summed E-state index contributed by atoms with van der Waals surface area (Å²) in [5, 5.41) is 0. The van der Waals surface area contributed by atoms with E-state index in [-0.39, 0.29) is 3.42 Å². The minimum absolute atomic E-state index is 0.376. The third-order valence-electron chi connectivity index (χ3n) is 1.56. The van der Waals surface area contributed by atoms with Crippen LogP contribution in [0.25, 0.3) is 0 Å². The van der Waals surface area contributed by atoms with Gasteiger partial charge in [0.25, 0.3) is 0 Å². The van der Waals surface area contributed by atoms with Crippen LogP contribution < -0.4 is 0 Å². The van der Waals surface area contributed by atoms with E-state index in [0.717, 1.165) is 11.8 Å². The molecule has 1 rings (SSSR count). The van der Waals surface area contributed by atoms with Crippen molar-refractivity contribution in [3.05, 3.63) is 35.9 Å². The minimum atomic E-state index is -0.376. The predicted octanol–water partition coefficient (Wildman–Crippen LogP) is 2.54. The van der Waals surface area contributed by atoms with Gasteiger partial charge < -0.3 is 4.79 Å². The van der Waals surface area contributed by atoms with Crippen molar-refractivity contribution in [2.24, 2.45) is 0 Å². The lowest BCUT2D eigenvalue weighted by molar-refractivity contribution is -0.109. The van der Waals surface area contributed by atoms with Gasteiger partial charge in [0.05, 0.1) is 3.42 Å². The average molecular weight is 260 g/mol. The number of hydrogen-bond acceptors (Lipinski definition) is 1. The van der Waals surface area contributed by atoms with Crippen molar-refractivity contribution in [1.29, 1.82) is 0 Å². The molecule has 1 nitrogen and oxygen atoms in total. The van der Waals surface area contributed by atoms with Gasteiger partial charge in [0, 0.05) is 0 Å². The van der Waals surface area contributed by atoms with Crippen LogP contribution in [0.4, 0.5) is 0 Å². The van der Waals surface area contributed by atoms with Crippen LogP contribution in [0.3, 0.4) is 0 Å². The molecule has 0 amide bonds. The quantitative estimate of drug-likeness (QED) is 0.453. The Bertz CT molecular complexity index is 241. The highest BCUT2D eigenvalue weighted by Crippen LogP contribution is 2.28. The van der Waals surface area contributed by atoms with Gasteiger partial charge in [0.15, 0.2) is 0 Å². The first-order valence-corrected chi connectivity index (χ1v) is 4.45. The van der Waals surface area contributed by atoms with E-state index in [2.05, 4.69) is 22.6 Å². The zero-order chi connectivity index (χ0) is 8.32. The fourth-order valence-corrected chi connectivity index (χ4v) is 1.19. The summed E-state index contributed by atoms with van der Waals surface area (Å²) in [6.07, 6.45) is 0.961. The molecule has 0 saturated carbocycles. The molecule has 11 heavy (non-hydrogen) atoms. The zero-order valence-corrected chi connectivity index (χ0v) is 8.41. The number of carbonyl (C=O) groups is 1. The fraction of sp³-hybridized carbons (Fsp3) is 0.222. The third-order valence-corrected chi connectivity index (χ3v) is 2.44. The zero-order valence-electron chi connectivity index (χ0n) is 6.25. The smallest absolute Gasteiger partial charge is 0.140 e. The molecule has 0 fully saturated rings. The number of aldehydes is 1. The molecular weight excluding hydrogens is 251 g/mol. The van der Waals surface area contributed by atoms with Gasteiger partial charge in [-0.3, -0.25) is 0 Å². The summed E-state index contributed by atoms with van der Waals surface area (Å²) in [5.74, 6) is 0. The molecule has 0 aliphatic heterocycles. The summed E-state index contributed by atoms with van der Waals surface area (Å²) in [6, 6.07) is 9.74. The highest BCUT2D eigenvalue weighted by molar-refractivity contribution is 14.1. The Kier molecular flexibility index (Phi) is 2.65. The van der Waals surface area contributed by atoms with Gasteiger partial charge in [-0.1, -0.05) is 52.9 Å². The van der Waals surface area contributed by atoms with E-state index < -0.39 is 0 Å². The SMILES string of the molecule is C[C@@](I)(C=O)c1ccccc1. The summed E-state index contributed by atoms with van der Waals surface area (Å²) in [5.41, 5.74) is 1.05. The Balaban J connectivity index is 3.02.